The van der Waals surface area contributed by atoms with E-state index in [1.807, 2.05) is 7.05 Å². The van der Waals surface area contributed by atoms with Gasteiger partial charge in [-0.15, -0.1) is 0 Å². The number of methoxy groups -OCH3 is 1. The average molecular weight is 413 g/mol. The highest BCUT2D eigenvalue weighted by Crippen LogP contribution is 2.42. The van der Waals surface area contributed by atoms with E-state index in [-0.39, 0.29) is 30.7 Å². The monoisotopic (exact) mass is 413 g/mol. The number of benzene rings is 1. The van der Waals surface area contributed by atoms with Crippen molar-refractivity contribution in [3.05, 3.63) is 23.9 Å². The number of carbonyl (C=O) groups is 3. The Kier molecular flexibility index (Phi) is 5.27. The van der Waals surface area contributed by atoms with Crippen LogP contribution in [0.4, 0.5) is 0 Å². The normalized spacial score (nSPS) is 19.1. The Morgan fingerprint density at radius 2 is 1.90 bits per heavy atom. The van der Waals surface area contributed by atoms with Crippen LogP contribution in [0.2, 0.25) is 0 Å². The Labute approximate surface area is 175 Å². The van der Waals surface area contributed by atoms with Gasteiger partial charge in [-0.05, 0) is 45.1 Å². The molecule has 0 atom stereocenters. The molecule has 0 radical (unpaired) electrons. The zero-order valence-electron chi connectivity index (χ0n) is 17.6. The molecule has 1 aromatic carbocycles. The van der Waals surface area contributed by atoms with E-state index >= 15 is 0 Å². The summed E-state index contributed by atoms with van der Waals surface area (Å²) < 4.78 is 11.3. The maximum absolute atomic E-state index is 13.0. The van der Waals surface area contributed by atoms with E-state index in [1.54, 1.807) is 25.3 Å². The van der Waals surface area contributed by atoms with Gasteiger partial charge in [-0.1, -0.05) is 0 Å². The lowest BCUT2D eigenvalue weighted by Gasteiger charge is -2.35. The molecule has 0 aliphatic carbocycles. The van der Waals surface area contributed by atoms with Crippen molar-refractivity contribution in [1.82, 2.24) is 14.8 Å². The molecule has 3 heterocycles. The van der Waals surface area contributed by atoms with Crippen LogP contribution in [-0.2, 0) is 9.59 Å². The molecule has 8 nitrogen and oxygen atoms in total. The molecule has 2 saturated heterocycles. The number of aromatic amines is 1. The van der Waals surface area contributed by atoms with Gasteiger partial charge < -0.3 is 19.4 Å². The van der Waals surface area contributed by atoms with Crippen molar-refractivity contribution >= 4 is 28.5 Å². The molecule has 160 valence electrons. The lowest BCUT2D eigenvalue weighted by molar-refractivity contribution is -0.142. The Hall–Kier alpha value is -2.87. The van der Waals surface area contributed by atoms with Crippen LogP contribution in [0.1, 0.15) is 36.7 Å². The number of imide groups is 1. The third-order valence-electron chi connectivity index (χ3n) is 6.29. The second kappa shape index (κ2) is 7.75. The molecule has 1 spiro atoms. The minimum absolute atomic E-state index is 0.0541. The molecule has 0 saturated carbocycles. The molecule has 2 aliphatic heterocycles. The number of aromatic nitrogens is 1. The lowest BCUT2D eigenvalue weighted by Crippen LogP contribution is -2.44. The molecule has 8 heteroatoms. The summed E-state index contributed by atoms with van der Waals surface area (Å²) in [4.78, 5) is 43.7. The Morgan fingerprint density at radius 3 is 2.57 bits per heavy atom. The number of nitrogens with one attached hydrogen (secondary N) is 1. The first-order chi connectivity index (χ1) is 14.3. The van der Waals surface area contributed by atoms with Crippen LogP contribution >= 0.6 is 0 Å². The maximum Gasteiger partial charge on any atom is 0.236 e. The van der Waals surface area contributed by atoms with E-state index in [1.165, 1.54) is 11.8 Å². The fraction of sp³-hybridized carbons (Fsp3) is 0.500. The highest BCUT2D eigenvalue weighted by atomic mass is 16.5. The molecule has 30 heavy (non-hydrogen) atoms. The van der Waals surface area contributed by atoms with Gasteiger partial charge in [-0.25, -0.2) is 0 Å². The quantitative estimate of drug-likeness (QED) is 0.577. The SMILES string of the molecule is COc1cc2[nH]c(C(C)=O)cc2cc1OCCN1C(=O)CC2(CCN(C)CC2)C1=O. The van der Waals surface area contributed by atoms with Gasteiger partial charge in [0.15, 0.2) is 17.3 Å². The summed E-state index contributed by atoms with van der Waals surface area (Å²) >= 11 is 0. The molecule has 0 unspecified atom stereocenters. The van der Waals surface area contributed by atoms with Crippen LogP contribution in [-0.4, -0.2) is 72.8 Å². The van der Waals surface area contributed by atoms with Crippen molar-refractivity contribution in [2.45, 2.75) is 26.2 Å². The average Bonchev–Trinajstić information content (AvgIpc) is 3.24. The number of ether oxygens (including phenoxy) is 2. The van der Waals surface area contributed by atoms with Crippen LogP contribution in [0.15, 0.2) is 18.2 Å². The summed E-state index contributed by atoms with van der Waals surface area (Å²) in [6, 6.07) is 5.33. The minimum Gasteiger partial charge on any atom is -0.493 e. The number of ketones is 1. The van der Waals surface area contributed by atoms with Gasteiger partial charge in [0.25, 0.3) is 0 Å². The van der Waals surface area contributed by atoms with Crippen LogP contribution in [0, 0.1) is 5.41 Å². The van der Waals surface area contributed by atoms with Gasteiger partial charge in [0.1, 0.15) is 6.61 Å². The third kappa shape index (κ3) is 3.56. The number of H-pyrrole nitrogens is 1. The zero-order valence-corrected chi connectivity index (χ0v) is 17.6. The fourth-order valence-electron chi connectivity index (χ4n) is 4.37. The first kappa shape index (κ1) is 20.4. The number of carbonyl (C=O) groups excluding carboxylic acids is 3. The van der Waals surface area contributed by atoms with Gasteiger partial charge in [0.05, 0.1) is 24.8 Å². The number of rotatable bonds is 6. The number of hydrogen-bond acceptors (Lipinski definition) is 6. The summed E-state index contributed by atoms with van der Waals surface area (Å²) in [5.41, 5.74) is 0.758. The van der Waals surface area contributed by atoms with Crippen LogP contribution in [0.5, 0.6) is 11.5 Å². The summed E-state index contributed by atoms with van der Waals surface area (Å²) in [6.07, 6.45) is 1.75. The highest BCUT2D eigenvalue weighted by molar-refractivity contribution is 6.06. The van der Waals surface area contributed by atoms with Crippen molar-refractivity contribution in [3.8, 4) is 11.5 Å². The summed E-state index contributed by atoms with van der Waals surface area (Å²) in [5.74, 6) is 0.787. The molecule has 2 fully saturated rings. The van der Waals surface area contributed by atoms with E-state index in [4.69, 9.17) is 9.47 Å². The second-order valence-corrected chi connectivity index (χ2v) is 8.29. The smallest absolute Gasteiger partial charge is 0.236 e. The van der Waals surface area contributed by atoms with E-state index in [9.17, 15) is 14.4 Å². The van der Waals surface area contributed by atoms with Crippen LogP contribution < -0.4 is 9.47 Å². The zero-order chi connectivity index (χ0) is 21.5. The van der Waals surface area contributed by atoms with Gasteiger partial charge in [0.2, 0.25) is 11.8 Å². The minimum atomic E-state index is -0.533. The summed E-state index contributed by atoms with van der Waals surface area (Å²) in [6.45, 7) is 3.56. The van der Waals surface area contributed by atoms with Crippen molar-refractivity contribution in [1.29, 1.82) is 0 Å². The molecular weight excluding hydrogens is 386 g/mol. The third-order valence-corrected chi connectivity index (χ3v) is 6.29. The Bertz CT molecular complexity index is 1000. The number of amides is 2. The summed E-state index contributed by atoms with van der Waals surface area (Å²) in [7, 11) is 3.58. The number of nitrogens with zero attached hydrogens (tertiary/aromatic N) is 2. The number of Topliss-reactive ketones (excluding diaryl/α,β-unsaturated/α-hetero) is 1. The second-order valence-electron chi connectivity index (χ2n) is 8.29. The molecule has 2 aromatic rings. The Morgan fingerprint density at radius 1 is 1.17 bits per heavy atom. The van der Waals surface area contributed by atoms with Crippen molar-refractivity contribution in [2.75, 3.05) is 40.4 Å². The number of fused-ring (bicyclic) bond motifs is 1. The fourth-order valence-corrected chi connectivity index (χ4v) is 4.37. The molecule has 2 aliphatic rings. The molecule has 1 aromatic heterocycles. The van der Waals surface area contributed by atoms with Crippen molar-refractivity contribution in [3.63, 3.8) is 0 Å². The molecule has 0 bridgehead atoms. The van der Waals surface area contributed by atoms with E-state index in [2.05, 4.69) is 9.88 Å². The van der Waals surface area contributed by atoms with E-state index in [0.717, 1.165) is 36.8 Å². The number of likely N-dealkylation sites (tertiary alicyclic amines) is 2. The first-order valence-corrected chi connectivity index (χ1v) is 10.2. The van der Waals surface area contributed by atoms with Crippen LogP contribution in [0.25, 0.3) is 10.9 Å². The molecule has 4 rings (SSSR count). The number of piperidine rings is 1. The highest BCUT2D eigenvalue weighted by Gasteiger charge is 2.51. The van der Waals surface area contributed by atoms with Crippen LogP contribution in [0.3, 0.4) is 0 Å². The van der Waals surface area contributed by atoms with Gasteiger partial charge in [-0.2, -0.15) is 0 Å². The molecular formula is C22H27N3O5. The van der Waals surface area contributed by atoms with Gasteiger partial charge >= 0.3 is 0 Å². The number of hydrogen-bond donors (Lipinski definition) is 1. The predicted octanol–water partition coefficient (Wildman–Crippen LogP) is 2.23. The standard InChI is InChI=1S/C22H27N3O5/c1-14(26)16-10-15-11-19(18(29-3)12-17(15)23-16)30-9-8-25-20(27)13-22(21(25)28)4-6-24(2)7-5-22/h10-12,23H,4-9,13H2,1-3H3. The Balaban J connectivity index is 1.45. The molecule has 1 N–H and O–H groups in total. The van der Waals surface area contributed by atoms with Crippen molar-refractivity contribution in [2.24, 2.45) is 5.41 Å². The predicted molar refractivity (Wildman–Crippen MR) is 111 cm³/mol. The van der Waals surface area contributed by atoms with E-state index < -0.39 is 5.41 Å². The van der Waals surface area contributed by atoms with E-state index in [0.29, 0.717) is 23.6 Å². The van der Waals surface area contributed by atoms with Gasteiger partial charge in [0, 0.05) is 30.3 Å². The maximum atomic E-state index is 13.0. The first-order valence-electron chi connectivity index (χ1n) is 10.2. The van der Waals surface area contributed by atoms with Crippen molar-refractivity contribution < 1.29 is 23.9 Å². The topological polar surface area (TPSA) is 91.9 Å². The lowest BCUT2D eigenvalue weighted by atomic mass is 9.77. The largest absolute Gasteiger partial charge is 0.493 e. The molecule has 2 amide bonds. The van der Waals surface area contributed by atoms with Gasteiger partial charge in [-0.3, -0.25) is 19.3 Å². The summed E-state index contributed by atoms with van der Waals surface area (Å²) in [5, 5.41) is 0.828.